The van der Waals surface area contributed by atoms with Gasteiger partial charge in [0.2, 0.25) is 0 Å². The molecule has 0 aliphatic heterocycles. The van der Waals surface area contributed by atoms with Gasteiger partial charge in [0.15, 0.2) is 0 Å². The van der Waals surface area contributed by atoms with Crippen molar-refractivity contribution in [2.75, 3.05) is 7.05 Å². The maximum Gasteiger partial charge on any atom is 0.253 e. The summed E-state index contributed by atoms with van der Waals surface area (Å²) in [6.45, 7) is 0.534. The Balaban J connectivity index is 2.12. The van der Waals surface area contributed by atoms with E-state index in [0.29, 0.717) is 17.1 Å². The highest BCUT2D eigenvalue weighted by atomic mass is 127. The highest BCUT2D eigenvalue weighted by molar-refractivity contribution is 14.1. The molecule has 0 unspecified atom stereocenters. The maximum absolute atomic E-state index is 12.3. The summed E-state index contributed by atoms with van der Waals surface area (Å²) in [5.74, 6) is -0.0292. The van der Waals surface area contributed by atoms with Crippen LogP contribution < -0.4 is 0 Å². The molecule has 2 rings (SSSR count). The van der Waals surface area contributed by atoms with Gasteiger partial charge >= 0.3 is 0 Å². The second kappa shape index (κ2) is 6.34. The minimum absolute atomic E-state index is 0.0292. The number of nitrogens with zero attached hydrogens (tertiary/aromatic N) is 2. The van der Waals surface area contributed by atoms with Gasteiger partial charge in [-0.15, -0.1) is 0 Å². The van der Waals surface area contributed by atoms with E-state index in [-0.39, 0.29) is 5.91 Å². The molecule has 3 nitrogen and oxygen atoms in total. The van der Waals surface area contributed by atoms with Crippen molar-refractivity contribution in [3.63, 3.8) is 0 Å². The number of hydrogen-bond acceptors (Lipinski definition) is 2. The van der Waals surface area contributed by atoms with Crippen LogP contribution >= 0.6 is 34.2 Å². The van der Waals surface area contributed by atoms with Gasteiger partial charge < -0.3 is 4.90 Å². The molecule has 1 heterocycles. The van der Waals surface area contributed by atoms with Crippen LogP contribution in [0.25, 0.3) is 0 Å². The third-order valence-electron chi connectivity index (χ3n) is 2.66. The van der Waals surface area contributed by atoms with E-state index in [1.54, 1.807) is 42.5 Å². The summed E-state index contributed by atoms with van der Waals surface area (Å²) in [6, 6.07) is 9.09. The highest BCUT2D eigenvalue weighted by Gasteiger charge is 2.13. The zero-order chi connectivity index (χ0) is 13.8. The Kier molecular flexibility index (Phi) is 4.76. The van der Waals surface area contributed by atoms with E-state index in [2.05, 4.69) is 27.6 Å². The molecule has 0 saturated carbocycles. The van der Waals surface area contributed by atoms with E-state index in [4.69, 9.17) is 11.6 Å². The number of carbonyl (C=O) groups excluding carboxylic acids is 1. The summed E-state index contributed by atoms with van der Waals surface area (Å²) in [4.78, 5) is 18.0. The smallest absolute Gasteiger partial charge is 0.253 e. The molecule has 98 valence electrons. The minimum Gasteiger partial charge on any atom is -0.337 e. The van der Waals surface area contributed by atoms with E-state index in [1.165, 1.54) is 0 Å². The first-order chi connectivity index (χ1) is 9.08. The standard InChI is InChI=1S/C14H12ClIN2O/c1-18(9-10-3-2-6-17-8-10)14(19)11-4-5-12(15)13(16)7-11/h2-8H,9H2,1H3. The fourth-order valence-corrected chi connectivity index (χ4v) is 2.32. The van der Waals surface area contributed by atoms with Crippen LogP contribution in [0.1, 0.15) is 15.9 Å². The average molecular weight is 387 g/mol. The summed E-state index contributed by atoms with van der Waals surface area (Å²) in [5, 5.41) is 0.659. The summed E-state index contributed by atoms with van der Waals surface area (Å²) in [5.41, 5.74) is 1.64. The number of benzene rings is 1. The van der Waals surface area contributed by atoms with Crippen LogP contribution in [0.15, 0.2) is 42.7 Å². The fourth-order valence-electron chi connectivity index (χ4n) is 1.69. The molecule has 2 aromatic rings. The van der Waals surface area contributed by atoms with E-state index >= 15 is 0 Å². The first-order valence-electron chi connectivity index (χ1n) is 5.67. The Morgan fingerprint density at radius 1 is 1.42 bits per heavy atom. The van der Waals surface area contributed by atoms with Gasteiger partial charge in [-0.1, -0.05) is 17.7 Å². The van der Waals surface area contributed by atoms with Gasteiger partial charge in [-0.25, -0.2) is 0 Å². The van der Waals surface area contributed by atoms with Gasteiger partial charge in [0.05, 0.1) is 5.02 Å². The predicted molar refractivity (Wildman–Crippen MR) is 84.2 cm³/mol. The number of pyridine rings is 1. The Morgan fingerprint density at radius 3 is 2.84 bits per heavy atom. The lowest BCUT2D eigenvalue weighted by Gasteiger charge is -2.17. The zero-order valence-electron chi connectivity index (χ0n) is 10.3. The second-order valence-electron chi connectivity index (χ2n) is 4.15. The van der Waals surface area contributed by atoms with E-state index in [1.807, 2.05) is 12.1 Å². The molecular weight excluding hydrogens is 375 g/mol. The van der Waals surface area contributed by atoms with Gasteiger partial charge in [0.25, 0.3) is 5.91 Å². The van der Waals surface area contributed by atoms with Crippen LogP contribution in [0.2, 0.25) is 5.02 Å². The van der Waals surface area contributed by atoms with Crippen molar-refractivity contribution in [2.45, 2.75) is 6.54 Å². The second-order valence-corrected chi connectivity index (χ2v) is 5.72. The van der Waals surface area contributed by atoms with E-state index in [9.17, 15) is 4.79 Å². The molecule has 0 N–H and O–H groups in total. The molecule has 1 aromatic carbocycles. The van der Waals surface area contributed by atoms with E-state index < -0.39 is 0 Å². The van der Waals surface area contributed by atoms with Gasteiger partial charge in [0, 0.05) is 35.1 Å². The Hall–Kier alpha value is -1.14. The summed E-state index contributed by atoms with van der Waals surface area (Å²) < 4.78 is 0.875. The molecule has 1 amide bonds. The molecule has 0 bridgehead atoms. The third-order valence-corrected chi connectivity index (χ3v) is 4.20. The number of hydrogen-bond donors (Lipinski definition) is 0. The molecule has 0 radical (unpaired) electrons. The third kappa shape index (κ3) is 3.67. The molecule has 1 aromatic heterocycles. The van der Waals surface area contributed by atoms with Crippen molar-refractivity contribution in [3.8, 4) is 0 Å². The van der Waals surface area contributed by atoms with Crippen LogP contribution in [0.5, 0.6) is 0 Å². The lowest BCUT2D eigenvalue weighted by Crippen LogP contribution is -2.26. The number of amides is 1. The Labute approximate surface area is 130 Å². The van der Waals surface area contributed by atoms with Crippen LogP contribution in [-0.4, -0.2) is 22.8 Å². The SMILES string of the molecule is CN(Cc1cccnc1)C(=O)c1ccc(Cl)c(I)c1. The quantitative estimate of drug-likeness (QED) is 0.755. The van der Waals surface area contributed by atoms with Gasteiger partial charge in [-0.3, -0.25) is 9.78 Å². The summed E-state index contributed by atoms with van der Waals surface area (Å²) in [6.07, 6.45) is 3.47. The van der Waals surface area contributed by atoms with Crippen molar-refractivity contribution < 1.29 is 4.79 Å². The maximum atomic E-state index is 12.3. The highest BCUT2D eigenvalue weighted by Crippen LogP contribution is 2.20. The van der Waals surface area contributed by atoms with Crippen LogP contribution in [0.3, 0.4) is 0 Å². The number of carbonyl (C=O) groups is 1. The molecule has 19 heavy (non-hydrogen) atoms. The molecule has 0 atom stereocenters. The minimum atomic E-state index is -0.0292. The lowest BCUT2D eigenvalue weighted by molar-refractivity contribution is 0.0785. The number of halogens is 2. The largest absolute Gasteiger partial charge is 0.337 e. The van der Waals surface area contributed by atoms with Gasteiger partial charge in [0.1, 0.15) is 0 Å². The molecule has 0 spiro atoms. The van der Waals surface area contributed by atoms with Crippen molar-refractivity contribution >= 4 is 40.1 Å². The normalized spacial score (nSPS) is 10.3. The molecule has 0 saturated heterocycles. The fraction of sp³-hybridized carbons (Fsp3) is 0.143. The van der Waals surface area contributed by atoms with Gasteiger partial charge in [-0.2, -0.15) is 0 Å². The molecule has 5 heteroatoms. The topological polar surface area (TPSA) is 33.2 Å². The number of aromatic nitrogens is 1. The van der Waals surface area contributed by atoms with Crippen LogP contribution in [0.4, 0.5) is 0 Å². The molecule has 0 fully saturated rings. The predicted octanol–water partition coefficient (Wildman–Crippen LogP) is 3.61. The zero-order valence-corrected chi connectivity index (χ0v) is 13.2. The van der Waals surface area contributed by atoms with Crippen molar-refractivity contribution in [1.29, 1.82) is 0 Å². The average Bonchev–Trinajstić information content (AvgIpc) is 2.42. The van der Waals surface area contributed by atoms with Crippen molar-refractivity contribution in [2.24, 2.45) is 0 Å². The lowest BCUT2D eigenvalue weighted by atomic mass is 10.2. The van der Waals surface area contributed by atoms with Gasteiger partial charge in [-0.05, 0) is 52.4 Å². The monoisotopic (exact) mass is 386 g/mol. The first kappa shape index (κ1) is 14.3. The first-order valence-corrected chi connectivity index (χ1v) is 7.13. The van der Waals surface area contributed by atoms with Crippen LogP contribution in [-0.2, 0) is 6.54 Å². The number of rotatable bonds is 3. The summed E-state index contributed by atoms with van der Waals surface area (Å²) >= 11 is 8.07. The van der Waals surface area contributed by atoms with Crippen molar-refractivity contribution in [1.82, 2.24) is 9.88 Å². The molecular formula is C14H12ClIN2O. The van der Waals surface area contributed by atoms with Crippen LogP contribution in [0, 0.1) is 3.57 Å². The Morgan fingerprint density at radius 2 is 2.21 bits per heavy atom. The van der Waals surface area contributed by atoms with Crippen molar-refractivity contribution in [3.05, 3.63) is 62.4 Å². The Bertz CT molecular complexity index is 589. The summed E-state index contributed by atoms with van der Waals surface area (Å²) in [7, 11) is 1.77. The molecule has 0 aliphatic carbocycles. The molecule has 0 aliphatic rings. The van der Waals surface area contributed by atoms with E-state index in [0.717, 1.165) is 9.13 Å².